The molecule has 0 atom stereocenters. The molecule has 100 valence electrons. The molecule has 1 aromatic heterocycles. The largest absolute Gasteiger partial charge is 0.468 e. The molecule has 0 saturated carbocycles. The quantitative estimate of drug-likeness (QED) is 0.375. The fraction of sp³-hybridized carbons (Fsp3) is 0.667. The van der Waals surface area contributed by atoms with Gasteiger partial charge >= 0.3 is 0 Å². The number of halogens is 1. The standard InChI is InChI=1S/C9H13ClN4O3S/c10-5-7(11-15)6-17-9-8(12-18-13-9)14-1-3-16-4-2-14/h15H,1-6H2/b11-7-. The molecule has 18 heavy (non-hydrogen) atoms. The number of nitrogens with zero attached hydrogens (tertiary/aromatic N) is 4. The lowest BCUT2D eigenvalue weighted by atomic mass is 10.4. The van der Waals surface area contributed by atoms with Crippen LogP contribution in [0.2, 0.25) is 0 Å². The summed E-state index contributed by atoms with van der Waals surface area (Å²) in [6, 6.07) is 0. The van der Waals surface area contributed by atoms with E-state index < -0.39 is 0 Å². The van der Waals surface area contributed by atoms with E-state index in [0.717, 1.165) is 24.8 Å². The molecule has 1 fully saturated rings. The molecule has 0 bridgehead atoms. The molecule has 1 aliphatic heterocycles. The Morgan fingerprint density at radius 3 is 2.94 bits per heavy atom. The van der Waals surface area contributed by atoms with Crippen molar-refractivity contribution in [1.82, 2.24) is 8.75 Å². The van der Waals surface area contributed by atoms with Crippen LogP contribution in [0.25, 0.3) is 0 Å². The highest BCUT2D eigenvalue weighted by molar-refractivity contribution is 6.99. The first-order chi connectivity index (χ1) is 8.85. The molecular weight excluding hydrogens is 280 g/mol. The molecular formula is C9H13ClN4O3S. The van der Waals surface area contributed by atoms with Crippen LogP contribution < -0.4 is 9.64 Å². The summed E-state index contributed by atoms with van der Waals surface area (Å²) < 4.78 is 19.0. The Kier molecular flexibility index (Phi) is 4.97. The number of anilines is 1. The van der Waals surface area contributed by atoms with Gasteiger partial charge in [-0.15, -0.1) is 16.0 Å². The van der Waals surface area contributed by atoms with E-state index in [9.17, 15) is 0 Å². The van der Waals surface area contributed by atoms with Crippen LogP contribution in [0.5, 0.6) is 5.88 Å². The van der Waals surface area contributed by atoms with Gasteiger partial charge < -0.3 is 19.6 Å². The van der Waals surface area contributed by atoms with Crippen molar-refractivity contribution in [3.63, 3.8) is 0 Å². The zero-order chi connectivity index (χ0) is 12.8. The average Bonchev–Trinajstić information content (AvgIpc) is 2.89. The SMILES string of the molecule is O/N=C(/CCl)COc1nsnc1N1CCOCC1. The lowest BCUT2D eigenvalue weighted by Crippen LogP contribution is -2.36. The minimum Gasteiger partial charge on any atom is -0.468 e. The van der Waals surface area contributed by atoms with Crippen LogP contribution in [0.15, 0.2) is 5.16 Å². The molecule has 1 N–H and O–H groups in total. The third-order valence-electron chi connectivity index (χ3n) is 2.42. The van der Waals surface area contributed by atoms with Crippen LogP contribution in [0.3, 0.4) is 0 Å². The maximum Gasteiger partial charge on any atom is 0.271 e. The highest BCUT2D eigenvalue weighted by Gasteiger charge is 2.20. The van der Waals surface area contributed by atoms with Crippen LogP contribution >= 0.6 is 23.3 Å². The molecule has 0 aromatic carbocycles. The summed E-state index contributed by atoms with van der Waals surface area (Å²) in [5, 5.41) is 11.7. The summed E-state index contributed by atoms with van der Waals surface area (Å²) in [4.78, 5) is 2.05. The molecule has 0 unspecified atom stereocenters. The van der Waals surface area contributed by atoms with Gasteiger partial charge in [0.05, 0.1) is 30.8 Å². The number of morpholine rings is 1. The number of alkyl halides is 1. The fourth-order valence-corrected chi connectivity index (χ4v) is 2.13. The molecule has 2 heterocycles. The van der Waals surface area contributed by atoms with E-state index in [1.165, 1.54) is 0 Å². The smallest absolute Gasteiger partial charge is 0.271 e. The van der Waals surface area contributed by atoms with Gasteiger partial charge in [-0.3, -0.25) is 0 Å². The lowest BCUT2D eigenvalue weighted by molar-refractivity contribution is 0.122. The van der Waals surface area contributed by atoms with Gasteiger partial charge in [-0.1, -0.05) is 5.16 Å². The molecule has 0 amide bonds. The van der Waals surface area contributed by atoms with Crippen molar-refractivity contribution >= 4 is 34.9 Å². The lowest BCUT2D eigenvalue weighted by Gasteiger charge is -2.26. The number of hydrogen-bond donors (Lipinski definition) is 1. The third-order valence-corrected chi connectivity index (χ3v) is 3.23. The Balaban J connectivity index is 1.98. The van der Waals surface area contributed by atoms with Crippen molar-refractivity contribution in [2.24, 2.45) is 5.16 Å². The zero-order valence-electron chi connectivity index (χ0n) is 9.58. The van der Waals surface area contributed by atoms with E-state index in [-0.39, 0.29) is 12.5 Å². The Labute approximate surface area is 113 Å². The molecule has 9 heteroatoms. The van der Waals surface area contributed by atoms with Crippen molar-refractivity contribution in [2.45, 2.75) is 0 Å². The van der Waals surface area contributed by atoms with Gasteiger partial charge in [0.25, 0.3) is 5.88 Å². The van der Waals surface area contributed by atoms with E-state index in [2.05, 4.69) is 18.8 Å². The number of rotatable bonds is 5. The topological polar surface area (TPSA) is 80.1 Å². The van der Waals surface area contributed by atoms with E-state index >= 15 is 0 Å². The predicted molar refractivity (Wildman–Crippen MR) is 68.4 cm³/mol. The summed E-state index contributed by atoms with van der Waals surface area (Å²) in [6.45, 7) is 2.96. The summed E-state index contributed by atoms with van der Waals surface area (Å²) in [6.07, 6.45) is 0. The summed E-state index contributed by atoms with van der Waals surface area (Å²) in [5.41, 5.74) is 0.345. The second kappa shape index (κ2) is 6.72. The van der Waals surface area contributed by atoms with Crippen LogP contribution in [0, 0.1) is 0 Å². The molecule has 7 nitrogen and oxygen atoms in total. The van der Waals surface area contributed by atoms with Crippen LogP contribution in [0.1, 0.15) is 0 Å². The minimum absolute atomic E-state index is 0.1000. The number of hydrogen-bond acceptors (Lipinski definition) is 8. The first kappa shape index (κ1) is 13.3. The van der Waals surface area contributed by atoms with Crippen molar-refractivity contribution in [1.29, 1.82) is 0 Å². The van der Waals surface area contributed by atoms with Crippen LogP contribution in [-0.2, 0) is 4.74 Å². The van der Waals surface area contributed by atoms with E-state index in [0.29, 0.717) is 30.6 Å². The van der Waals surface area contributed by atoms with Gasteiger partial charge in [0.1, 0.15) is 12.3 Å². The molecule has 0 spiro atoms. The average molecular weight is 293 g/mol. The Morgan fingerprint density at radius 2 is 2.28 bits per heavy atom. The fourth-order valence-electron chi connectivity index (χ4n) is 1.48. The van der Waals surface area contributed by atoms with E-state index in [4.69, 9.17) is 26.3 Å². The van der Waals surface area contributed by atoms with E-state index in [1.807, 2.05) is 0 Å². The van der Waals surface area contributed by atoms with Crippen molar-refractivity contribution in [3.05, 3.63) is 0 Å². The van der Waals surface area contributed by atoms with Crippen molar-refractivity contribution < 1.29 is 14.7 Å². The highest BCUT2D eigenvalue weighted by Crippen LogP contribution is 2.26. The number of ether oxygens (including phenoxy) is 2. The van der Waals surface area contributed by atoms with E-state index in [1.54, 1.807) is 0 Å². The number of aromatic nitrogens is 2. The molecule has 0 aliphatic carbocycles. The molecule has 1 saturated heterocycles. The maximum absolute atomic E-state index is 8.64. The summed E-state index contributed by atoms with van der Waals surface area (Å²) in [7, 11) is 0. The zero-order valence-corrected chi connectivity index (χ0v) is 11.2. The predicted octanol–water partition coefficient (Wildman–Crippen LogP) is 0.823. The molecule has 2 rings (SSSR count). The normalized spacial score (nSPS) is 16.9. The van der Waals surface area contributed by atoms with Gasteiger partial charge in [-0.2, -0.15) is 4.37 Å². The minimum atomic E-state index is 0.1000. The van der Waals surface area contributed by atoms with Gasteiger partial charge in [-0.05, 0) is 0 Å². The summed E-state index contributed by atoms with van der Waals surface area (Å²) >= 11 is 6.65. The second-order valence-electron chi connectivity index (χ2n) is 3.58. The van der Waals surface area contributed by atoms with Crippen LogP contribution in [0.4, 0.5) is 5.82 Å². The molecule has 1 aliphatic rings. The third kappa shape index (κ3) is 3.21. The number of oxime groups is 1. The first-order valence-electron chi connectivity index (χ1n) is 5.39. The van der Waals surface area contributed by atoms with Gasteiger partial charge in [0.2, 0.25) is 5.82 Å². The monoisotopic (exact) mass is 292 g/mol. The highest BCUT2D eigenvalue weighted by atomic mass is 35.5. The summed E-state index contributed by atoms with van der Waals surface area (Å²) in [5.74, 6) is 1.25. The Bertz CT molecular complexity index is 408. The first-order valence-corrected chi connectivity index (χ1v) is 6.65. The molecule has 1 aromatic rings. The Morgan fingerprint density at radius 1 is 1.50 bits per heavy atom. The van der Waals surface area contributed by atoms with Crippen molar-refractivity contribution in [3.8, 4) is 5.88 Å². The molecule has 0 radical (unpaired) electrons. The van der Waals surface area contributed by atoms with Gasteiger partial charge in [0.15, 0.2) is 0 Å². The second-order valence-corrected chi connectivity index (χ2v) is 4.38. The maximum atomic E-state index is 8.64. The van der Waals surface area contributed by atoms with Crippen molar-refractivity contribution in [2.75, 3.05) is 43.7 Å². The van der Waals surface area contributed by atoms with Gasteiger partial charge in [0, 0.05) is 13.1 Å². The van der Waals surface area contributed by atoms with Crippen LogP contribution in [-0.4, -0.2) is 58.5 Å². The van der Waals surface area contributed by atoms with Gasteiger partial charge in [-0.25, -0.2) is 0 Å². The Hall–Kier alpha value is -1.12.